The Bertz CT molecular complexity index is 280. The highest BCUT2D eigenvalue weighted by Gasteiger charge is 2.40. The van der Waals surface area contributed by atoms with Crippen LogP contribution in [0.15, 0.2) is 0 Å². The van der Waals surface area contributed by atoms with Crippen LogP contribution in [0, 0.1) is 5.41 Å². The number of rotatable bonds is 4. The Hall–Kier alpha value is -0.240. The van der Waals surface area contributed by atoms with Crippen molar-refractivity contribution in [2.45, 2.75) is 70.8 Å². The van der Waals surface area contributed by atoms with Crippen LogP contribution in [0.5, 0.6) is 0 Å². The van der Waals surface area contributed by atoms with Crippen LogP contribution in [0.4, 0.5) is 0 Å². The van der Waals surface area contributed by atoms with E-state index in [-0.39, 0.29) is 5.41 Å². The Morgan fingerprint density at radius 2 is 1.78 bits per heavy atom. The summed E-state index contributed by atoms with van der Waals surface area (Å²) in [4.78, 5) is 14.9. The molecule has 3 heteroatoms. The Balaban J connectivity index is 2.05. The summed E-state index contributed by atoms with van der Waals surface area (Å²) in [7, 11) is 0. The highest BCUT2D eigenvalue weighted by atomic mass is 35.5. The zero-order valence-electron chi connectivity index (χ0n) is 11.6. The molecule has 1 amide bonds. The topological polar surface area (TPSA) is 20.3 Å². The molecule has 104 valence electrons. The minimum atomic E-state index is -0.0937. The molecule has 0 unspecified atom stereocenters. The predicted molar refractivity (Wildman–Crippen MR) is 75.9 cm³/mol. The molecule has 2 fully saturated rings. The molecule has 0 radical (unpaired) electrons. The van der Waals surface area contributed by atoms with E-state index in [1.54, 1.807) is 0 Å². The lowest BCUT2D eigenvalue weighted by atomic mass is 9.85. The first-order chi connectivity index (χ1) is 8.67. The first-order valence-electron chi connectivity index (χ1n) is 7.54. The largest absolute Gasteiger partial charge is 0.338 e. The average molecular weight is 272 g/mol. The molecule has 0 aromatic rings. The molecule has 0 N–H and O–H groups in total. The number of amides is 1. The minimum absolute atomic E-state index is 0.0937. The predicted octanol–water partition coefficient (Wildman–Crippen LogP) is 3.97. The summed E-state index contributed by atoms with van der Waals surface area (Å²) in [5.74, 6) is 0.950. The van der Waals surface area contributed by atoms with Gasteiger partial charge in [0.05, 0.1) is 0 Å². The maximum atomic E-state index is 12.8. The van der Waals surface area contributed by atoms with E-state index in [9.17, 15) is 4.79 Å². The van der Waals surface area contributed by atoms with Crippen molar-refractivity contribution in [3.63, 3.8) is 0 Å². The fourth-order valence-corrected chi connectivity index (χ4v) is 3.83. The van der Waals surface area contributed by atoms with Gasteiger partial charge in [0.25, 0.3) is 0 Å². The van der Waals surface area contributed by atoms with Gasteiger partial charge in [-0.3, -0.25) is 4.79 Å². The van der Waals surface area contributed by atoms with Crippen LogP contribution in [0.3, 0.4) is 0 Å². The van der Waals surface area contributed by atoms with Gasteiger partial charge < -0.3 is 4.90 Å². The lowest BCUT2D eigenvalue weighted by molar-refractivity contribution is -0.143. The molecule has 0 aromatic heterocycles. The lowest BCUT2D eigenvalue weighted by Crippen LogP contribution is -2.48. The number of alkyl halides is 1. The van der Waals surface area contributed by atoms with E-state index in [1.807, 2.05) is 0 Å². The standard InChI is InChI=1S/C15H26ClNO/c1-15(9-5-6-10-15)14(18)17(12-11-16)13-7-3-2-4-8-13/h13H,2-12H2,1H3. The molecule has 0 aliphatic heterocycles. The monoisotopic (exact) mass is 271 g/mol. The molecule has 2 aliphatic rings. The number of carbonyl (C=O) groups excluding carboxylic acids is 1. The Labute approximate surface area is 116 Å². The van der Waals surface area contributed by atoms with Crippen LogP contribution >= 0.6 is 11.6 Å². The summed E-state index contributed by atoms with van der Waals surface area (Å²) >= 11 is 5.92. The number of carbonyl (C=O) groups is 1. The molecule has 2 saturated carbocycles. The molecule has 0 spiro atoms. The van der Waals surface area contributed by atoms with E-state index in [2.05, 4.69) is 11.8 Å². The molecule has 2 aliphatic carbocycles. The maximum Gasteiger partial charge on any atom is 0.228 e. The highest BCUT2D eigenvalue weighted by Crippen LogP contribution is 2.40. The van der Waals surface area contributed by atoms with Gasteiger partial charge in [-0.1, -0.05) is 39.0 Å². The van der Waals surface area contributed by atoms with Crippen molar-refractivity contribution in [3.8, 4) is 0 Å². The number of nitrogens with zero attached hydrogens (tertiary/aromatic N) is 1. The summed E-state index contributed by atoms with van der Waals surface area (Å²) < 4.78 is 0. The number of hydrogen-bond donors (Lipinski definition) is 0. The molecule has 0 aromatic carbocycles. The quantitative estimate of drug-likeness (QED) is 0.709. The van der Waals surface area contributed by atoms with Crippen LogP contribution in [-0.4, -0.2) is 29.3 Å². The van der Waals surface area contributed by atoms with Gasteiger partial charge in [0.2, 0.25) is 5.91 Å². The van der Waals surface area contributed by atoms with Crippen molar-refractivity contribution in [1.29, 1.82) is 0 Å². The molecular formula is C15H26ClNO. The van der Waals surface area contributed by atoms with Crippen LogP contribution in [0.2, 0.25) is 0 Å². The second-order valence-electron chi connectivity index (χ2n) is 6.25. The normalized spacial score (nSPS) is 24.1. The number of halogens is 1. The van der Waals surface area contributed by atoms with Gasteiger partial charge in [-0.25, -0.2) is 0 Å². The van der Waals surface area contributed by atoms with Crippen molar-refractivity contribution in [3.05, 3.63) is 0 Å². The van der Waals surface area contributed by atoms with Gasteiger partial charge >= 0.3 is 0 Å². The Morgan fingerprint density at radius 1 is 1.17 bits per heavy atom. The van der Waals surface area contributed by atoms with Crippen LogP contribution in [-0.2, 0) is 4.79 Å². The fraction of sp³-hybridized carbons (Fsp3) is 0.933. The van der Waals surface area contributed by atoms with E-state index in [0.29, 0.717) is 17.8 Å². The highest BCUT2D eigenvalue weighted by molar-refractivity contribution is 6.18. The summed E-state index contributed by atoms with van der Waals surface area (Å²) in [6.45, 7) is 2.90. The first-order valence-corrected chi connectivity index (χ1v) is 8.08. The summed E-state index contributed by atoms with van der Waals surface area (Å²) in [6, 6.07) is 0.461. The fourth-order valence-electron chi connectivity index (χ4n) is 3.65. The third-order valence-corrected chi connectivity index (χ3v) is 4.99. The van der Waals surface area contributed by atoms with E-state index in [0.717, 1.165) is 19.4 Å². The van der Waals surface area contributed by atoms with Gasteiger partial charge in [0.1, 0.15) is 0 Å². The summed E-state index contributed by atoms with van der Waals surface area (Å²) in [5.41, 5.74) is -0.0937. The second-order valence-corrected chi connectivity index (χ2v) is 6.63. The summed E-state index contributed by atoms with van der Waals surface area (Å²) in [5, 5.41) is 0. The molecule has 0 heterocycles. The van der Waals surface area contributed by atoms with Gasteiger partial charge in [0, 0.05) is 23.9 Å². The van der Waals surface area contributed by atoms with Crippen molar-refractivity contribution >= 4 is 17.5 Å². The van der Waals surface area contributed by atoms with Crippen molar-refractivity contribution in [1.82, 2.24) is 4.90 Å². The zero-order valence-corrected chi connectivity index (χ0v) is 12.3. The van der Waals surface area contributed by atoms with E-state index < -0.39 is 0 Å². The molecule has 2 nitrogen and oxygen atoms in total. The lowest BCUT2D eigenvalue weighted by Gasteiger charge is -2.39. The van der Waals surface area contributed by atoms with Gasteiger partial charge in [-0.2, -0.15) is 0 Å². The SMILES string of the molecule is CC1(C(=O)N(CCCl)C2CCCCC2)CCCC1. The summed E-state index contributed by atoms with van der Waals surface area (Å²) in [6.07, 6.45) is 10.8. The Morgan fingerprint density at radius 3 is 2.33 bits per heavy atom. The molecule has 0 saturated heterocycles. The van der Waals surface area contributed by atoms with Crippen molar-refractivity contribution in [2.24, 2.45) is 5.41 Å². The maximum absolute atomic E-state index is 12.8. The third-order valence-electron chi connectivity index (χ3n) is 4.83. The molecular weight excluding hydrogens is 246 g/mol. The van der Waals surface area contributed by atoms with E-state index >= 15 is 0 Å². The first kappa shape index (κ1) is 14.2. The van der Waals surface area contributed by atoms with Crippen LogP contribution in [0.1, 0.15) is 64.7 Å². The van der Waals surface area contributed by atoms with Gasteiger partial charge in [0.15, 0.2) is 0 Å². The second kappa shape index (κ2) is 6.27. The van der Waals surface area contributed by atoms with Gasteiger partial charge in [-0.05, 0) is 25.7 Å². The van der Waals surface area contributed by atoms with Crippen LogP contribution < -0.4 is 0 Å². The van der Waals surface area contributed by atoms with Crippen molar-refractivity contribution in [2.75, 3.05) is 12.4 Å². The third kappa shape index (κ3) is 3.01. The molecule has 2 rings (SSSR count). The molecule has 18 heavy (non-hydrogen) atoms. The minimum Gasteiger partial charge on any atom is -0.338 e. The van der Waals surface area contributed by atoms with E-state index in [4.69, 9.17) is 11.6 Å². The van der Waals surface area contributed by atoms with Crippen LogP contribution in [0.25, 0.3) is 0 Å². The molecule has 0 atom stereocenters. The molecule has 0 bridgehead atoms. The average Bonchev–Trinajstić information content (AvgIpc) is 2.84. The zero-order chi connectivity index (χ0) is 13.0. The number of hydrogen-bond acceptors (Lipinski definition) is 1. The smallest absolute Gasteiger partial charge is 0.228 e. The van der Waals surface area contributed by atoms with Crippen molar-refractivity contribution < 1.29 is 4.79 Å². The Kier molecular flexibility index (Phi) is 4.94. The van der Waals surface area contributed by atoms with Gasteiger partial charge in [-0.15, -0.1) is 11.6 Å². The van der Waals surface area contributed by atoms with E-state index in [1.165, 1.54) is 44.9 Å².